The Balaban J connectivity index is 2.07. The molecule has 0 saturated carbocycles. The molecule has 0 fully saturated rings. The molecule has 18 heavy (non-hydrogen) atoms. The maximum absolute atomic E-state index is 4.18. The number of halogens is 1. The fourth-order valence-electron chi connectivity index (χ4n) is 2.19. The van der Waals surface area contributed by atoms with E-state index in [0.717, 1.165) is 9.99 Å². The maximum atomic E-state index is 4.18. The Kier molecular flexibility index (Phi) is 2.92. The van der Waals surface area contributed by atoms with Gasteiger partial charge in [0.1, 0.15) is 0 Å². The van der Waals surface area contributed by atoms with Crippen LogP contribution >= 0.6 is 15.9 Å². The van der Waals surface area contributed by atoms with Gasteiger partial charge in [-0.25, -0.2) is 0 Å². The lowest BCUT2D eigenvalue weighted by atomic mass is 10.00. The molecule has 0 bridgehead atoms. The Morgan fingerprint density at radius 1 is 1.22 bits per heavy atom. The highest BCUT2D eigenvalue weighted by Crippen LogP contribution is 2.29. The number of pyridine rings is 1. The number of hydrogen-bond donors (Lipinski definition) is 1. The van der Waals surface area contributed by atoms with E-state index in [-0.39, 0.29) is 0 Å². The minimum Gasteiger partial charge on any atom is -0.357 e. The Labute approximate surface area is 114 Å². The highest BCUT2D eigenvalue weighted by Gasteiger charge is 2.12. The van der Waals surface area contributed by atoms with Crippen molar-refractivity contribution in [3.63, 3.8) is 0 Å². The van der Waals surface area contributed by atoms with Crippen LogP contribution in [0.5, 0.6) is 0 Å². The van der Waals surface area contributed by atoms with Crippen LogP contribution in [0.15, 0.2) is 53.3 Å². The minimum absolute atomic E-state index is 0.318. The van der Waals surface area contributed by atoms with Gasteiger partial charge in [0.05, 0.1) is 5.52 Å². The molecule has 0 radical (unpaired) electrons. The molecule has 2 aromatic heterocycles. The van der Waals surface area contributed by atoms with E-state index in [9.17, 15) is 0 Å². The molecule has 0 amide bonds. The topological polar surface area (TPSA) is 28.7 Å². The Morgan fingerprint density at radius 2 is 2.11 bits per heavy atom. The lowest BCUT2D eigenvalue weighted by Gasteiger charge is -2.08. The number of nitrogens with one attached hydrogen (secondary N) is 1. The highest BCUT2D eigenvalue weighted by molar-refractivity contribution is 9.10. The number of fused-ring (bicyclic) bond motifs is 1. The molecule has 1 aromatic carbocycles. The Bertz CT molecular complexity index is 673. The summed E-state index contributed by atoms with van der Waals surface area (Å²) in [7, 11) is 0. The molecular formula is C15H13BrN2. The molecule has 0 aliphatic carbocycles. The van der Waals surface area contributed by atoms with Crippen LogP contribution in [-0.2, 0) is 0 Å². The van der Waals surface area contributed by atoms with E-state index in [0.29, 0.717) is 5.92 Å². The molecule has 0 aliphatic rings. The lowest BCUT2D eigenvalue weighted by Crippen LogP contribution is -1.96. The van der Waals surface area contributed by atoms with Gasteiger partial charge in [0.2, 0.25) is 0 Å². The zero-order valence-corrected chi connectivity index (χ0v) is 11.6. The maximum Gasteiger partial charge on any atom is 0.0600 e. The smallest absolute Gasteiger partial charge is 0.0600 e. The van der Waals surface area contributed by atoms with Crippen LogP contribution in [0.1, 0.15) is 24.1 Å². The van der Waals surface area contributed by atoms with Crippen LogP contribution in [0.3, 0.4) is 0 Å². The summed E-state index contributed by atoms with van der Waals surface area (Å²) >= 11 is 3.57. The largest absolute Gasteiger partial charge is 0.357 e. The number of H-pyrrole nitrogens is 1. The van der Waals surface area contributed by atoms with E-state index < -0.39 is 0 Å². The first kappa shape index (κ1) is 11.5. The van der Waals surface area contributed by atoms with Crippen LogP contribution in [0.2, 0.25) is 0 Å². The molecule has 1 N–H and O–H groups in total. The van der Waals surface area contributed by atoms with Gasteiger partial charge >= 0.3 is 0 Å². The fraction of sp³-hybridized carbons (Fsp3) is 0.133. The SMILES string of the molecule is C[C@@H](c1cccnc1)c1cc2cccc(Br)c2[nH]1. The summed E-state index contributed by atoms with van der Waals surface area (Å²) < 4.78 is 1.10. The Morgan fingerprint density at radius 3 is 2.83 bits per heavy atom. The number of hydrogen-bond acceptors (Lipinski definition) is 1. The van der Waals surface area contributed by atoms with E-state index in [2.05, 4.69) is 63.2 Å². The van der Waals surface area contributed by atoms with Crippen LogP contribution in [0, 0.1) is 0 Å². The fourth-order valence-corrected chi connectivity index (χ4v) is 2.67. The van der Waals surface area contributed by atoms with Crippen LogP contribution in [-0.4, -0.2) is 9.97 Å². The van der Waals surface area contributed by atoms with Crippen molar-refractivity contribution in [2.24, 2.45) is 0 Å². The van der Waals surface area contributed by atoms with Gasteiger partial charge in [0, 0.05) is 33.9 Å². The monoisotopic (exact) mass is 300 g/mol. The molecule has 2 heterocycles. The Hall–Kier alpha value is -1.61. The van der Waals surface area contributed by atoms with Crippen molar-refractivity contribution in [1.29, 1.82) is 0 Å². The van der Waals surface area contributed by atoms with Gasteiger partial charge in [-0.1, -0.05) is 25.1 Å². The summed E-state index contributed by atoms with van der Waals surface area (Å²) in [5, 5.41) is 1.23. The standard InChI is InChI=1S/C15H13BrN2/c1-10(12-5-3-7-17-9-12)14-8-11-4-2-6-13(16)15(11)18-14/h2-10,18H,1H3/t10-/m0/s1. The summed E-state index contributed by atoms with van der Waals surface area (Å²) in [4.78, 5) is 7.67. The average molecular weight is 301 g/mol. The zero-order valence-electron chi connectivity index (χ0n) is 10.0. The van der Waals surface area contributed by atoms with E-state index in [1.165, 1.54) is 16.6 Å². The van der Waals surface area contributed by atoms with Gasteiger partial charge in [-0.15, -0.1) is 0 Å². The quantitative estimate of drug-likeness (QED) is 0.743. The van der Waals surface area contributed by atoms with Gasteiger partial charge < -0.3 is 4.98 Å². The van der Waals surface area contributed by atoms with Crippen molar-refractivity contribution in [3.05, 3.63) is 64.5 Å². The van der Waals surface area contributed by atoms with Gasteiger partial charge in [-0.3, -0.25) is 4.98 Å². The summed E-state index contributed by atoms with van der Waals surface area (Å²) in [5.74, 6) is 0.318. The molecule has 0 unspecified atom stereocenters. The van der Waals surface area contributed by atoms with Crippen molar-refractivity contribution in [2.75, 3.05) is 0 Å². The predicted molar refractivity (Wildman–Crippen MR) is 77.8 cm³/mol. The average Bonchev–Trinajstić information content (AvgIpc) is 2.84. The lowest BCUT2D eigenvalue weighted by molar-refractivity contribution is 0.879. The third-order valence-electron chi connectivity index (χ3n) is 3.28. The molecular weight excluding hydrogens is 288 g/mol. The van der Waals surface area contributed by atoms with Crippen molar-refractivity contribution in [2.45, 2.75) is 12.8 Å². The summed E-state index contributed by atoms with van der Waals surface area (Å²) in [6, 6.07) is 12.5. The van der Waals surface area contributed by atoms with Crippen molar-refractivity contribution >= 4 is 26.8 Å². The number of rotatable bonds is 2. The van der Waals surface area contributed by atoms with Crippen molar-refractivity contribution in [3.8, 4) is 0 Å². The number of nitrogens with zero attached hydrogens (tertiary/aromatic N) is 1. The van der Waals surface area contributed by atoms with E-state index in [1.54, 1.807) is 6.20 Å². The third kappa shape index (κ3) is 1.95. The number of para-hydroxylation sites is 1. The normalized spacial score (nSPS) is 12.8. The first-order chi connectivity index (χ1) is 8.75. The first-order valence-electron chi connectivity index (χ1n) is 5.93. The number of aromatic amines is 1. The summed E-state index contributed by atoms with van der Waals surface area (Å²) in [5.41, 5.74) is 3.59. The molecule has 3 rings (SSSR count). The van der Waals surface area contributed by atoms with Crippen molar-refractivity contribution in [1.82, 2.24) is 9.97 Å². The molecule has 3 heteroatoms. The molecule has 0 aliphatic heterocycles. The molecule has 90 valence electrons. The van der Waals surface area contributed by atoms with Crippen LogP contribution in [0.4, 0.5) is 0 Å². The van der Waals surface area contributed by atoms with Gasteiger partial charge in [-0.2, -0.15) is 0 Å². The van der Waals surface area contributed by atoms with Gasteiger partial charge in [-0.05, 0) is 39.7 Å². The second-order valence-corrected chi connectivity index (χ2v) is 5.29. The van der Waals surface area contributed by atoms with Crippen LogP contribution < -0.4 is 0 Å². The molecule has 3 aromatic rings. The first-order valence-corrected chi connectivity index (χ1v) is 6.72. The van der Waals surface area contributed by atoms with Gasteiger partial charge in [0.25, 0.3) is 0 Å². The second-order valence-electron chi connectivity index (χ2n) is 4.44. The molecule has 0 spiro atoms. The van der Waals surface area contributed by atoms with E-state index in [1.807, 2.05) is 12.3 Å². The van der Waals surface area contributed by atoms with Gasteiger partial charge in [0.15, 0.2) is 0 Å². The number of aromatic nitrogens is 2. The second kappa shape index (κ2) is 4.58. The predicted octanol–water partition coefficient (Wildman–Crippen LogP) is 4.48. The van der Waals surface area contributed by atoms with Crippen molar-refractivity contribution < 1.29 is 0 Å². The van der Waals surface area contributed by atoms with E-state index >= 15 is 0 Å². The van der Waals surface area contributed by atoms with E-state index in [4.69, 9.17) is 0 Å². The zero-order chi connectivity index (χ0) is 12.5. The summed E-state index contributed by atoms with van der Waals surface area (Å²) in [6.07, 6.45) is 3.73. The number of benzene rings is 1. The molecule has 1 atom stereocenters. The third-order valence-corrected chi connectivity index (χ3v) is 3.94. The minimum atomic E-state index is 0.318. The highest BCUT2D eigenvalue weighted by atomic mass is 79.9. The van der Waals surface area contributed by atoms with Crippen LogP contribution in [0.25, 0.3) is 10.9 Å². The summed E-state index contributed by atoms with van der Waals surface area (Å²) in [6.45, 7) is 2.19. The molecule has 2 nitrogen and oxygen atoms in total. The molecule has 0 saturated heterocycles.